The summed E-state index contributed by atoms with van der Waals surface area (Å²) >= 11 is 2.82. The summed E-state index contributed by atoms with van der Waals surface area (Å²) in [5, 5.41) is 8.30. The molecule has 0 saturated carbocycles. The van der Waals surface area contributed by atoms with Crippen molar-refractivity contribution >= 4 is 15.9 Å². The van der Waals surface area contributed by atoms with E-state index in [0.29, 0.717) is 6.20 Å². The average molecular weight is 363 g/mol. The van der Waals surface area contributed by atoms with Crippen molar-refractivity contribution in [3.8, 4) is 11.8 Å². The highest BCUT2D eigenvalue weighted by atomic mass is 79.9. The van der Waals surface area contributed by atoms with Gasteiger partial charge in [-0.15, -0.1) is 13.2 Å². The first-order chi connectivity index (χ1) is 9.10. The molecule has 1 heterocycles. The molecule has 20 heavy (non-hydrogen) atoms. The summed E-state index contributed by atoms with van der Waals surface area (Å²) in [7, 11) is 0. The summed E-state index contributed by atoms with van der Waals surface area (Å²) in [6.45, 7) is 0. The summed E-state index contributed by atoms with van der Waals surface area (Å²) in [5.41, 5.74) is -2.74. The van der Waals surface area contributed by atoms with E-state index in [0.717, 1.165) is 0 Å². The first-order valence-corrected chi connectivity index (χ1v) is 5.99. The Bertz CT molecular complexity index is 534. The van der Waals surface area contributed by atoms with Crippen molar-refractivity contribution < 1.29 is 31.1 Å². The molecule has 1 aromatic rings. The third kappa shape index (κ3) is 4.00. The standard InChI is InChI=1S/C10H5BrF6N2O/c11-3-5-4-19-8(9(12,13)14)6(1-2-18)7(5)20-10(15,16)17/h4H,1,3H2. The molecule has 0 radical (unpaired) electrons. The van der Waals surface area contributed by atoms with Crippen LogP contribution in [-0.4, -0.2) is 11.3 Å². The monoisotopic (exact) mass is 362 g/mol. The number of hydrogen-bond donors (Lipinski definition) is 0. The van der Waals surface area contributed by atoms with Gasteiger partial charge in [-0.25, -0.2) is 0 Å². The van der Waals surface area contributed by atoms with Crippen LogP contribution in [0.5, 0.6) is 5.75 Å². The van der Waals surface area contributed by atoms with Crippen molar-refractivity contribution in [1.82, 2.24) is 4.98 Å². The van der Waals surface area contributed by atoms with E-state index in [2.05, 4.69) is 25.7 Å². The highest BCUT2D eigenvalue weighted by Gasteiger charge is 2.40. The summed E-state index contributed by atoms with van der Waals surface area (Å²) in [6.07, 6.45) is -10.4. The topological polar surface area (TPSA) is 45.9 Å². The van der Waals surface area contributed by atoms with Crippen molar-refractivity contribution in [2.24, 2.45) is 0 Å². The molecule has 1 rings (SSSR count). The van der Waals surface area contributed by atoms with Crippen LogP contribution in [0.15, 0.2) is 6.20 Å². The molecule has 0 aromatic carbocycles. The van der Waals surface area contributed by atoms with Crippen molar-refractivity contribution in [1.29, 1.82) is 5.26 Å². The molecule has 0 spiro atoms. The fourth-order valence-corrected chi connectivity index (χ4v) is 1.81. The zero-order valence-electron chi connectivity index (χ0n) is 9.44. The van der Waals surface area contributed by atoms with Gasteiger partial charge in [0.05, 0.1) is 12.5 Å². The summed E-state index contributed by atoms with van der Waals surface area (Å²) in [4.78, 5) is 3.08. The Morgan fingerprint density at radius 3 is 2.25 bits per heavy atom. The van der Waals surface area contributed by atoms with Crippen LogP contribution in [0.1, 0.15) is 16.8 Å². The smallest absolute Gasteiger partial charge is 0.405 e. The lowest BCUT2D eigenvalue weighted by molar-refractivity contribution is -0.275. The van der Waals surface area contributed by atoms with Crippen molar-refractivity contribution in [3.05, 3.63) is 23.0 Å². The Balaban J connectivity index is 3.54. The molecule has 0 unspecified atom stereocenters. The summed E-state index contributed by atoms with van der Waals surface area (Å²) < 4.78 is 78.6. The van der Waals surface area contributed by atoms with E-state index in [9.17, 15) is 26.3 Å². The molecule has 10 heteroatoms. The van der Waals surface area contributed by atoms with Gasteiger partial charge in [0, 0.05) is 22.7 Å². The van der Waals surface area contributed by atoms with Crippen molar-refractivity contribution in [2.75, 3.05) is 0 Å². The molecule has 0 aliphatic heterocycles. The molecule has 1 aromatic heterocycles. The minimum absolute atomic E-state index is 0.206. The fourth-order valence-electron chi connectivity index (χ4n) is 1.41. The third-order valence-electron chi connectivity index (χ3n) is 2.09. The Hall–Kier alpha value is -1.50. The average Bonchev–Trinajstić information content (AvgIpc) is 2.28. The van der Waals surface area contributed by atoms with Gasteiger partial charge in [-0.1, -0.05) is 15.9 Å². The molecule has 110 valence electrons. The number of rotatable bonds is 3. The minimum Gasteiger partial charge on any atom is -0.405 e. The predicted octanol–water partition coefficient (Wildman–Crippen LogP) is 3.96. The number of nitriles is 1. The van der Waals surface area contributed by atoms with Gasteiger partial charge >= 0.3 is 12.5 Å². The van der Waals surface area contributed by atoms with E-state index in [1.54, 1.807) is 0 Å². The van der Waals surface area contributed by atoms with Crippen LogP contribution in [0.25, 0.3) is 0 Å². The van der Waals surface area contributed by atoms with Crippen molar-refractivity contribution in [3.63, 3.8) is 0 Å². The van der Waals surface area contributed by atoms with Gasteiger partial charge in [0.15, 0.2) is 5.69 Å². The van der Waals surface area contributed by atoms with Gasteiger partial charge < -0.3 is 4.74 Å². The Kier molecular flexibility index (Phi) is 4.86. The Morgan fingerprint density at radius 1 is 1.25 bits per heavy atom. The number of alkyl halides is 7. The molecule has 0 aliphatic carbocycles. The minimum atomic E-state index is -5.18. The first-order valence-electron chi connectivity index (χ1n) is 4.86. The second kappa shape index (κ2) is 5.87. The maximum atomic E-state index is 12.7. The zero-order valence-corrected chi connectivity index (χ0v) is 11.0. The molecule has 0 bridgehead atoms. The fraction of sp³-hybridized carbons (Fsp3) is 0.400. The van der Waals surface area contributed by atoms with E-state index in [-0.39, 0.29) is 10.9 Å². The Labute approximate surface area is 117 Å². The van der Waals surface area contributed by atoms with Crippen LogP contribution >= 0.6 is 15.9 Å². The van der Waals surface area contributed by atoms with Gasteiger partial charge in [0.25, 0.3) is 0 Å². The van der Waals surface area contributed by atoms with Gasteiger partial charge in [-0.2, -0.15) is 18.4 Å². The van der Waals surface area contributed by atoms with Crippen LogP contribution in [-0.2, 0) is 17.9 Å². The van der Waals surface area contributed by atoms with Gasteiger partial charge in [-0.3, -0.25) is 4.98 Å². The third-order valence-corrected chi connectivity index (χ3v) is 2.69. The quantitative estimate of drug-likeness (QED) is 0.603. The second-order valence-corrected chi connectivity index (χ2v) is 4.01. The van der Waals surface area contributed by atoms with Crippen LogP contribution in [0.4, 0.5) is 26.3 Å². The largest absolute Gasteiger partial charge is 0.573 e. The van der Waals surface area contributed by atoms with E-state index in [1.165, 1.54) is 6.07 Å². The molecule has 3 nitrogen and oxygen atoms in total. The molecule has 0 fully saturated rings. The number of aromatic nitrogens is 1. The van der Waals surface area contributed by atoms with Gasteiger partial charge in [-0.05, 0) is 0 Å². The number of halogens is 7. The summed E-state index contributed by atoms with van der Waals surface area (Å²) in [6, 6.07) is 1.37. The number of nitrogens with zero attached hydrogens (tertiary/aromatic N) is 2. The van der Waals surface area contributed by atoms with E-state index in [1.807, 2.05) is 0 Å². The van der Waals surface area contributed by atoms with E-state index < -0.39 is 36.0 Å². The second-order valence-electron chi connectivity index (χ2n) is 3.45. The predicted molar refractivity (Wildman–Crippen MR) is 57.9 cm³/mol. The lowest BCUT2D eigenvalue weighted by Gasteiger charge is -2.18. The maximum absolute atomic E-state index is 12.7. The van der Waals surface area contributed by atoms with Crippen LogP contribution in [0.3, 0.4) is 0 Å². The first kappa shape index (κ1) is 16.6. The molecule has 0 atom stereocenters. The van der Waals surface area contributed by atoms with E-state index in [4.69, 9.17) is 5.26 Å². The van der Waals surface area contributed by atoms with Crippen LogP contribution in [0, 0.1) is 11.3 Å². The molecule has 0 saturated heterocycles. The molecular weight excluding hydrogens is 358 g/mol. The highest BCUT2D eigenvalue weighted by Crippen LogP contribution is 2.39. The van der Waals surface area contributed by atoms with E-state index >= 15 is 0 Å². The van der Waals surface area contributed by atoms with Crippen molar-refractivity contribution in [2.45, 2.75) is 24.3 Å². The Morgan fingerprint density at radius 2 is 1.85 bits per heavy atom. The van der Waals surface area contributed by atoms with Crippen LogP contribution in [0.2, 0.25) is 0 Å². The number of ether oxygens (including phenoxy) is 1. The molecule has 0 aliphatic rings. The summed E-state index contributed by atoms with van der Waals surface area (Å²) in [5.74, 6) is -1.04. The number of pyridine rings is 1. The molecule has 0 N–H and O–H groups in total. The normalized spacial score (nSPS) is 12.1. The highest BCUT2D eigenvalue weighted by molar-refractivity contribution is 9.08. The lowest BCUT2D eigenvalue weighted by Crippen LogP contribution is -2.22. The van der Waals surface area contributed by atoms with Gasteiger partial charge in [0.1, 0.15) is 5.75 Å². The van der Waals surface area contributed by atoms with Gasteiger partial charge in [0.2, 0.25) is 0 Å². The molecular formula is C10H5BrF6N2O. The maximum Gasteiger partial charge on any atom is 0.573 e. The molecule has 0 amide bonds. The van der Waals surface area contributed by atoms with Crippen LogP contribution < -0.4 is 4.74 Å². The lowest BCUT2D eigenvalue weighted by atomic mass is 10.1. The SMILES string of the molecule is N#CCc1c(C(F)(F)F)ncc(CBr)c1OC(F)(F)F. The number of hydrogen-bond acceptors (Lipinski definition) is 3. The zero-order chi connectivity index (χ0) is 15.6.